The number of hydrogen-bond acceptors (Lipinski definition) is 5. The van der Waals surface area contributed by atoms with Gasteiger partial charge in [-0.1, -0.05) is 35.3 Å². The largest absolute Gasteiger partial charge is 0.493 e. The van der Waals surface area contributed by atoms with Gasteiger partial charge in [0.15, 0.2) is 0 Å². The maximum absolute atomic E-state index is 6.03. The van der Waals surface area contributed by atoms with Crippen LogP contribution in [0.15, 0.2) is 27.9 Å². The van der Waals surface area contributed by atoms with Crippen molar-refractivity contribution in [3.8, 4) is 11.5 Å². The van der Waals surface area contributed by atoms with E-state index < -0.39 is 0 Å². The molecule has 0 fully saturated rings. The van der Waals surface area contributed by atoms with Gasteiger partial charge < -0.3 is 19.0 Å². The van der Waals surface area contributed by atoms with Crippen molar-refractivity contribution >= 4 is 29.4 Å². The average Bonchev–Trinajstić information content (AvgIpc) is 2.63. The molecule has 0 aliphatic rings. The van der Waals surface area contributed by atoms with E-state index in [0.717, 1.165) is 41.9 Å². The van der Waals surface area contributed by atoms with Crippen LogP contribution in [0.4, 0.5) is 0 Å². The smallest absolute Gasteiger partial charge is 0.129 e. The monoisotopic (exact) mass is 445 g/mol. The van der Waals surface area contributed by atoms with Crippen LogP contribution in [0.3, 0.4) is 0 Å². The number of nitrogens with zero attached hydrogens (tertiary/aromatic N) is 1. The molecule has 0 amide bonds. The minimum atomic E-state index is -0.275. The summed E-state index contributed by atoms with van der Waals surface area (Å²) >= 11 is 11.2. The first kappa shape index (κ1) is 25.6. The van der Waals surface area contributed by atoms with E-state index >= 15 is 0 Å². The summed E-state index contributed by atoms with van der Waals surface area (Å²) < 4.78 is 17.4. The number of ether oxygens (including phenoxy) is 3. The van der Waals surface area contributed by atoms with E-state index in [-0.39, 0.29) is 10.1 Å². The van der Waals surface area contributed by atoms with Crippen molar-refractivity contribution in [1.82, 2.24) is 0 Å². The molecule has 0 aromatic heterocycles. The zero-order valence-electron chi connectivity index (χ0n) is 18.1. The van der Waals surface area contributed by atoms with Crippen molar-refractivity contribution in [2.45, 2.75) is 59.5 Å². The summed E-state index contributed by atoms with van der Waals surface area (Å²) in [4.78, 5) is 5.24. The van der Waals surface area contributed by atoms with Crippen LogP contribution in [-0.4, -0.2) is 38.2 Å². The van der Waals surface area contributed by atoms with Gasteiger partial charge in [-0.2, -0.15) is 0 Å². The summed E-state index contributed by atoms with van der Waals surface area (Å²) in [5.74, 6) is 1.71. The van der Waals surface area contributed by atoms with Crippen LogP contribution in [0.25, 0.3) is 0 Å². The zero-order chi connectivity index (χ0) is 21.7. The first-order valence-corrected chi connectivity index (χ1v) is 10.7. The Labute approximate surface area is 184 Å². The Bertz CT molecular complexity index is 666. The summed E-state index contributed by atoms with van der Waals surface area (Å²) in [6.07, 6.45) is 5.94. The number of unbranched alkanes of at least 4 members (excludes halogenated alkanes) is 1. The van der Waals surface area contributed by atoms with Gasteiger partial charge in [-0.15, -0.1) is 0 Å². The standard InChI is InChI=1S/C22H33Cl2NO4/c1-6-18-16-19(27-13-9-20(23)24)15-17(2)21(18)28-12-8-7-11-26-14-10-25-29-22(3,4)5/h9-10,15-16H,6-8,11-14H2,1-5H3/b25-10+. The van der Waals surface area contributed by atoms with Gasteiger partial charge in [0.2, 0.25) is 0 Å². The van der Waals surface area contributed by atoms with Crippen LogP contribution in [0.5, 0.6) is 11.5 Å². The number of oxime groups is 1. The fourth-order valence-electron chi connectivity index (χ4n) is 2.41. The molecule has 0 radical (unpaired) electrons. The van der Waals surface area contributed by atoms with E-state index in [0.29, 0.717) is 26.4 Å². The summed E-state index contributed by atoms with van der Waals surface area (Å²) in [5, 5.41) is 3.88. The van der Waals surface area contributed by atoms with Crippen molar-refractivity contribution in [3.63, 3.8) is 0 Å². The van der Waals surface area contributed by atoms with E-state index in [1.54, 1.807) is 12.3 Å². The summed E-state index contributed by atoms with van der Waals surface area (Å²) in [5.41, 5.74) is 1.89. The third-order valence-electron chi connectivity index (χ3n) is 3.72. The molecule has 0 saturated carbocycles. The Morgan fingerprint density at radius 3 is 2.45 bits per heavy atom. The molecule has 0 bridgehead atoms. The number of hydrogen-bond donors (Lipinski definition) is 0. The molecule has 0 saturated heterocycles. The first-order chi connectivity index (χ1) is 13.7. The van der Waals surface area contributed by atoms with Gasteiger partial charge in [0.25, 0.3) is 0 Å². The van der Waals surface area contributed by atoms with Crippen molar-refractivity contribution in [3.05, 3.63) is 33.8 Å². The van der Waals surface area contributed by atoms with E-state index in [1.807, 2.05) is 39.8 Å². The normalized spacial score (nSPS) is 11.6. The van der Waals surface area contributed by atoms with Crippen LogP contribution in [-0.2, 0) is 16.0 Å². The molecule has 0 heterocycles. The van der Waals surface area contributed by atoms with Crippen LogP contribution < -0.4 is 9.47 Å². The maximum atomic E-state index is 6.03. The predicted molar refractivity (Wildman–Crippen MR) is 121 cm³/mol. The summed E-state index contributed by atoms with van der Waals surface area (Å²) in [7, 11) is 0. The first-order valence-electron chi connectivity index (χ1n) is 9.91. The second-order valence-electron chi connectivity index (χ2n) is 7.51. The Morgan fingerprint density at radius 2 is 1.79 bits per heavy atom. The zero-order valence-corrected chi connectivity index (χ0v) is 19.6. The molecular weight excluding hydrogens is 413 g/mol. The van der Waals surface area contributed by atoms with Gasteiger partial charge >= 0.3 is 0 Å². The Kier molecular flexibility index (Phi) is 12.1. The second kappa shape index (κ2) is 13.7. The topological polar surface area (TPSA) is 49.3 Å². The highest BCUT2D eigenvalue weighted by Crippen LogP contribution is 2.30. The number of benzene rings is 1. The molecule has 0 spiro atoms. The molecule has 29 heavy (non-hydrogen) atoms. The average molecular weight is 446 g/mol. The Morgan fingerprint density at radius 1 is 1.07 bits per heavy atom. The molecule has 0 aliphatic carbocycles. The number of aryl methyl sites for hydroxylation is 2. The van der Waals surface area contributed by atoms with Gasteiger partial charge in [-0.3, -0.25) is 0 Å². The SMILES string of the molecule is CCc1cc(OCC=C(Cl)Cl)cc(C)c1OCCCCOC/C=N/OC(C)(C)C. The van der Waals surface area contributed by atoms with Crippen LogP contribution >= 0.6 is 23.2 Å². The number of rotatable bonds is 13. The molecule has 0 unspecified atom stereocenters. The molecule has 0 aliphatic heterocycles. The fourth-order valence-corrected chi connectivity index (χ4v) is 2.53. The summed E-state index contributed by atoms with van der Waals surface area (Å²) in [6.45, 7) is 12.1. The molecular formula is C22H33Cl2NO4. The minimum Gasteiger partial charge on any atom is -0.493 e. The Hall–Kier alpha value is -1.43. The molecule has 1 aromatic rings. The van der Waals surface area contributed by atoms with E-state index in [4.69, 9.17) is 42.3 Å². The lowest BCUT2D eigenvalue weighted by molar-refractivity contribution is 0.000659. The third kappa shape index (κ3) is 12.0. The molecule has 1 rings (SSSR count). The molecule has 5 nitrogen and oxygen atoms in total. The van der Waals surface area contributed by atoms with Crippen molar-refractivity contribution in [2.75, 3.05) is 26.4 Å². The molecule has 0 N–H and O–H groups in total. The van der Waals surface area contributed by atoms with Crippen LogP contribution in [0, 0.1) is 6.92 Å². The maximum Gasteiger partial charge on any atom is 0.129 e. The summed E-state index contributed by atoms with van der Waals surface area (Å²) in [6, 6.07) is 3.97. The van der Waals surface area contributed by atoms with Crippen molar-refractivity contribution < 1.29 is 19.0 Å². The molecule has 7 heteroatoms. The highest BCUT2D eigenvalue weighted by atomic mass is 35.5. The van der Waals surface area contributed by atoms with Crippen LogP contribution in [0.2, 0.25) is 0 Å². The minimum absolute atomic E-state index is 0.201. The van der Waals surface area contributed by atoms with Gasteiger partial charge in [-0.25, -0.2) is 0 Å². The third-order valence-corrected chi connectivity index (χ3v) is 4.03. The van der Waals surface area contributed by atoms with E-state index in [1.165, 1.54) is 0 Å². The van der Waals surface area contributed by atoms with E-state index in [2.05, 4.69) is 12.1 Å². The highest BCUT2D eigenvalue weighted by molar-refractivity contribution is 6.55. The Balaban J connectivity index is 2.34. The predicted octanol–water partition coefficient (Wildman–Crippen LogP) is 6.23. The van der Waals surface area contributed by atoms with Crippen molar-refractivity contribution in [2.24, 2.45) is 5.16 Å². The lowest BCUT2D eigenvalue weighted by atomic mass is 10.1. The number of halogens is 2. The van der Waals surface area contributed by atoms with E-state index in [9.17, 15) is 0 Å². The van der Waals surface area contributed by atoms with Gasteiger partial charge in [0, 0.05) is 6.61 Å². The van der Waals surface area contributed by atoms with Gasteiger partial charge in [-0.05, 0) is 76.3 Å². The second-order valence-corrected chi connectivity index (χ2v) is 8.52. The van der Waals surface area contributed by atoms with Gasteiger partial charge in [0.05, 0.1) is 19.4 Å². The molecule has 164 valence electrons. The lowest BCUT2D eigenvalue weighted by Crippen LogP contribution is -2.15. The van der Waals surface area contributed by atoms with Crippen LogP contribution in [0.1, 0.15) is 51.7 Å². The highest BCUT2D eigenvalue weighted by Gasteiger charge is 2.10. The molecule has 1 aromatic carbocycles. The fraction of sp³-hybridized carbons (Fsp3) is 0.591. The molecule has 0 atom stereocenters. The van der Waals surface area contributed by atoms with Gasteiger partial charge in [0.1, 0.15) is 28.2 Å². The lowest BCUT2D eigenvalue weighted by Gasteiger charge is -2.16. The van der Waals surface area contributed by atoms with Crippen molar-refractivity contribution in [1.29, 1.82) is 0 Å². The quantitative estimate of drug-likeness (QED) is 0.205.